The summed E-state index contributed by atoms with van der Waals surface area (Å²) >= 11 is 0. The molecule has 1 aliphatic rings. The molecular weight excluding hydrogens is 361 g/mol. The number of likely N-dealkylation sites (tertiary alicyclic amines) is 1. The van der Waals surface area contributed by atoms with Gasteiger partial charge in [-0.25, -0.2) is 0 Å². The Morgan fingerprint density at radius 3 is 2.59 bits per heavy atom. The van der Waals surface area contributed by atoms with E-state index in [4.69, 9.17) is 4.74 Å². The van der Waals surface area contributed by atoms with Crippen LogP contribution >= 0.6 is 0 Å². The number of rotatable bonds is 6. The van der Waals surface area contributed by atoms with E-state index in [2.05, 4.69) is 29.2 Å². The van der Waals surface area contributed by atoms with Crippen molar-refractivity contribution < 1.29 is 22.7 Å². The molecule has 27 heavy (non-hydrogen) atoms. The number of carbonyl (C=O) groups excluding carboxylic acids is 1. The van der Waals surface area contributed by atoms with E-state index in [0.717, 1.165) is 19.4 Å². The molecule has 1 fully saturated rings. The van der Waals surface area contributed by atoms with Crippen LogP contribution in [-0.2, 0) is 10.9 Å². The second kappa shape index (κ2) is 8.60. The summed E-state index contributed by atoms with van der Waals surface area (Å²) in [5.41, 5.74) is -1.27. The molecule has 1 amide bonds. The Morgan fingerprint density at radius 2 is 2.04 bits per heavy atom. The molecular formula is C18H29F3N4O2. The first-order valence-electron chi connectivity index (χ1n) is 9.26. The van der Waals surface area contributed by atoms with Gasteiger partial charge in [0.1, 0.15) is 0 Å². The summed E-state index contributed by atoms with van der Waals surface area (Å²) in [6.45, 7) is 9.10. The maximum atomic E-state index is 13.6. The van der Waals surface area contributed by atoms with Crippen molar-refractivity contribution in [1.82, 2.24) is 20.0 Å². The maximum Gasteiger partial charge on any atom is 0.435 e. The fraction of sp³-hybridized carbons (Fsp3) is 0.778. The summed E-state index contributed by atoms with van der Waals surface area (Å²) in [7, 11) is 1.47. The second-order valence-corrected chi connectivity index (χ2v) is 7.47. The first-order chi connectivity index (χ1) is 12.6. The van der Waals surface area contributed by atoms with E-state index < -0.39 is 29.4 Å². The normalized spacial score (nSPS) is 20.1. The third-order valence-electron chi connectivity index (χ3n) is 4.94. The highest BCUT2D eigenvalue weighted by Crippen LogP contribution is 2.35. The molecule has 2 atom stereocenters. The van der Waals surface area contributed by atoms with E-state index >= 15 is 0 Å². The van der Waals surface area contributed by atoms with Gasteiger partial charge in [0.15, 0.2) is 5.69 Å². The van der Waals surface area contributed by atoms with Crippen molar-refractivity contribution in [2.45, 2.75) is 64.8 Å². The Bertz CT molecular complexity index is 658. The maximum absolute atomic E-state index is 13.6. The fourth-order valence-electron chi connectivity index (χ4n) is 3.58. The molecule has 1 N–H and O–H groups in total. The number of piperidine rings is 1. The van der Waals surface area contributed by atoms with Crippen LogP contribution in [0.4, 0.5) is 13.2 Å². The predicted octanol–water partition coefficient (Wildman–Crippen LogP) is 3.02. The van der Waals surface area contributed by atoms with Crippen molar-refractivity contribution in [3.63, 3.8) is 0 Å². The Kier molecular flexibility index (Phi) is 6.91. The number of methoxy groups -OCH3 is 1. The molecule has 0 aromatic carbocycles. The molecule has 0 unspecified atom stereocenters. The van der Waals surface area contributed by atoms with Gasteiger partial charge in [-0.2, -0.15) is 18.3 Å². The van der Waals surface area contributed by atoms with Gasteiger partial charge in [-0.15, -0.1) is 0 Å². The number of hydrogen-bond donors (Lipinski definition) is 1. The highest BCUT2D eigenvalue weighted by atomic mass is 19.4. The summed E-state index contributed by atoms with van der Waals surface area (Å²) in [6.07, 6.45) is -3.07. The van der Waals surface area contributed by atoms with Gasteiger partial charge in [-0.05, 0) is 47.1 Å². The molecule has 1 saturated heterocycles. The van der Waals surface area contributed by atoms with E-state index in [1.54, 1.807) is 6.92 Å². The Morgan fingerprint density at radius 1 is 1.37 bits per heavy atom. The van der Waals surface area contributed by atoms with Crippen LogP contribution in [0.3, 0.4) is 0 Å². The third-order valence-corrected chi connectivity index (χ3v) is 4.94. The molecule has 2 rings (SSSR count). The topological polar surface area (TPSA) is 59.4 Å². The van der Waals surface area contributed by atoms with E-state index in [9.17, 15) is 18.0 Å². The standard InChI is InChI=1S/C18H29F3N4O2/c1-11(2)24-8-6-7-14(9-24)25-13(4)15(16(23-25)18(19,20)21)17(26)22-12(3)10-27-5/h11-12,14H,6-10H2,1-5H3,(H,22,26)/t12-,14-/m0/s1. The quantitative estimate of drug-likeness (QED) is 0.811. The van der Waals surface area contributed by atoms with E-state index in [0.29, 0.717) is 12.6 Å². The van der Waals surface area contributed by atoms with Gasteiger partial charge in [0.25, 0.3) is 5.91 Å². The van der Waals surface area contributed by atoms with Gasteiger partial charge in [-0.1, -0.05) is 0 Å². The number of hydrogen-bond acceptors (Lipinski definition) is 4. The first-order valence-corrected chi connectivity index (χ1v) is 9.26. The van der Waals surface area contributed by atoms with Gasteiger partial charge >= 0.3 is 6.18 Å². The summed E-state index contributed by atoms with van der Waals surface area (Å²) in [5.74, 6) is -0.771. The number of carbonyl (C=O) groups is 1. The van der Waals surface area contributed by atoms with Crippen LogP contribution in [0, 0.1) is 6.92 Å². The van der Waals surface area contributed by atoms with E-state index in [1.165, 1.54) is 18.7 Å². The lowest BCUT2D eigenvalue weighted by Gasteiger charge is -2.35. The molecule has 1 aromatic rings. The molecule has 0 saturated carbocycles. The van der Waals surface area contributed by atoms with Crippen molar-refractivity contribution in [2.75, 3.05) is 26.8 Å². The Balaban J connectivity index is 2.38. The minimum absolute atomic E-state index is 0.180. The molecule has 2 heterocycles. The van der Waals surface area contributed by atoms with Crippen LogP contribution in [-0.4, -0.2) is 59.5 Å². The number of amides is 1. The number of alkyl halides is 3. The highest BCUT2D eigenvalue weighted by molar-refractivity contribution is 5.96. The zero-order valence-corrected chi connectivity index (χ0v) is 16.6. The van der Waals surface area contributed by atoms with Gasteiger partial charge < -0.3 is 10.1 Å². The minimum atomic E-state index is -4.69. The first kappa shape index (κ1) is 21.7. The average Bonchev–Trinajstić information content (AvgIpc) is 2.92. The van der Waals surface area contributed by atoms with Crippen LogP contribution in [0.2, 0.25) is 0 Å². The SMILES string of the molecule is COC[C@H](C)NC(=O)c1c(C(F)(F)F)nn([C@H]2CCCN(C(C)C)C2)c1C. The monoisotopic (exact) mass is 390 g/mol. The molecule has 0 bridgehead atoms. The summed E-state index contributed by atoms with van der Waals surface area (Å²) < 4.78 is 47.0. The Hall–Kier alpha value is -1.61. The number of nitrogens with zero attached hydrogens (tertiary/aromatic N) is 3. The van der Waals surface area contributed by atoms with Crippen LogP contribution in [0.25, 0.3) is 0 Å². The number of nitrogens with one attached hydrogen (secondary N) is 1. The molecule has 0 aliphatic carbocycles. The molecule has 6 nitrogen and oxygen atoms in total. The lowest BCUT2D eigenvalue weighted by molar-refractivity contribution is -0.142. The minimum Gasteiger partial charge on any atom is -0.383 e. The van der Waals surface area contributed by atoms with Crippen molar-refractivity contribution in [1.29, 1.82) is 0 Å². The summed E-state index contributed by atoms with van der Waals surface area (Å²) in [5, 5.41) is 6.41. The van der Waals surface area contributed by atoms with Crippen LogP contribution in [0.15, 0.2) is 0 Å². The summed E-state index contributed by atoms with van der Waals surface area (Å²) in [4.78, 5) is 14.8. The smallest absolute Gasteiger partial charge is 0.383 e. The highest BCUT2D eigenvalue weighted by Gasteiger charge is 2.42. The van der Waals surface area contributed by atoms with Gasteiger partial charge in [-0.3, -0.25) is 14.4 Å². The van der Waals surface area contributed by atoms with E-state index in [1.807, 2.05) is 0 Å². The molecule has 154 valence electrons. The van der Waals surface area contributed by atoms with E-state index in [-0.39, 0.29) is 18.3 Å². The molecule has 0 spiro atoms. The zero-order chi connectivity index (χ0) is 20.4. The van der Waals surface area contributed by atoms with Gasteiger partial charge in [0.2, 0.25) is 0 Å². The number of aromatic nitrogens is 2. The van der Waals surface area contributed by atoms with Crippen LogP contribution in [0.5, 0.6) is 0 Å². The van der Waals surface area contributed by atoms with Crippen LogP contribution < -0.4 is 5.32 Å². The van der Waals surface area contributed by atoms with Crippen molar-refractivity contribution >= 4 is 5.91 Å². The molecule has 0 radical (unpaired) electrons. The van der Waals surface area contributed by atoms with Gasteiger partial charge in [0, 0.05) is 31.4 Å². The predicted molar refractivity (Wildman–Crippen MR) is 95.8 cm³/mol. The summed E-state index contributed by atoms with van der Waals surface area (Å²) in [6, 6.07) is -0.277. The fourth-order valence-corrected chi connectivity index (χ4v) is 3.58. The third kappa shape index (κ3) is 5.01. The molecule has 9 heteroatoms. The lowest BCUT2D eigenvalue weighted by atomic mass is 10.0. The van der Waals surface area contributed by atoms with Crippen molar-refractivity contribution in [3.05, 3.63) is 17.0 Å². The number of ether oxygens (including phenoxy) is 1. The number of halogens is 3. The zero-order valence-electron chi connectivity index (χ0n) is 16.6. The largest absolute Gasteiger partial charge is 0.435 e. The van der Waals surface area contributed by atoms with Gasteiger partial charge in [0.05, 0.1) is 18.2 Å². The molecule has 1 aliphatic heterocycles. The lowest BCUT2D eigenvalue weighted by Crippen LogP contribution is -2.41. The van der Waals surface area contributed by atoms with Crippen molar-refractivity contribution in [2.24, 2.45) is 0 Å². The molecule has 1 aromatic heterocycles. The second-order valence-electron chi connectivity index (χ2n) is 7.47. The van der Waals surface area contributed by atoms with Crippen molar-refractivity contribution in [3.8, 4) is 0 Å². The Labute approximate surface area is 158 Å². The average molecular weight is 390 g/mol. The van der Waals surface area contributed by atoms with Crippen LogP contribution in [0.1, 0.15) is 61.4 Å².